The number of ether oxygens (including phenoxy) is 3. The van der Waals surface area contributed by atoms with Gasteiger partial charge in [0, 0.05) is 17.7 Å². The normalized spacial score (nSPS) is 12.7. The molecular formula is C26H23N3O4S. The number of rotatable bonds is 7. The van der Waals surface area contributed by atoms with Crippen molar-refractivity contribution in [2.45, 2.75) is 11.6 Å². The van der Waals surface area contributed by atoms with Crippen LogP contribution in [0.3, 0.4) is 0 Å². The van der Waals surface area contributed by atoms with Gasteiger partial charge in [0.15, 0.2) is 28.3 Å². The van der Waals surface area contributed by atoms with Gasteiger partial charge in [-0.3, -0.25) is 9.36 Å². The van der Waals surface area contributed by atoms with Crippen LogP contribution in [0.2, 0.25) is 0 Å². The second kappa shape index (κ2) is 10.0. The Kier molecular flexibility index (Phi) is 6.49. The summed E-state index contributed by atoms with van der Waals surface area (Å²) in [5, 5.41) is 9.49. The number of Topliss-reactive ketones (excluding diaryl/α,β-unsaturated/α-hetero) is 1. The molecule has 8 heteroatoms. The van der Waals surface area contributed by atoms with E-state index in [1.165, 1.54) is 11.8 Å². The molecule has 5 rings (SSSR count). The zero-order chi connectivity index (χ0) is 23.3. The monoisotopic (exact) mass is 473 g/mol. The van der Waals surface area contributed by atoms with Crippen molar-refractivity contribution < 1.29 is 19.0 Å². The quantitative estimate of drug-likeness (QED) is 0.274. The van der Waals surface area contributed by atoms with E-state index < -0.39 is 0 Å². The van der Waals surface area contributed by atoms with Crippen LogP contribution in [0, 0.1) is 0 Å². The zero-order valence-corrected chi connectivity index (χ0v) is 19.5. The van der Waals surface area contributed by atoms with Crippen LogP contribution in [0.5, 0.6) is 17.2 Å². The molecule has 0 saturated heterocycles. The van der Waals surface area contributed by atoms with Gasteiger partial charge in [-0.15, -0.1) is 10.2 Å². The first-order valence-electron chi connectivity index (χ1n) is 10.9. The molecule has 0 spiro atoms. The van der Waals surface area contributed by atoms with Gasteiger partial charge in [-0.1, -0.05) is 42.1 Å². The summed E-state index contributed by atoms with van der Waals surface area (Å²) in [6, 6.07) is 22.8. The van der Waals surface area contributed by atoms with Crippen LogP contribution >= 0.6 is 11.8 Å². The molecule has 3 aromatic carbocycles. The molecule has 1 aliphatic heterocycles. The average molecular weight is 474 g/mol. The highest BCUT2D eigenvalue weighted by Crippen LogP contribution is 2.34. The number of carbonyl (C=O) groups is 1. The van der Waals surface area contributed by atoms with Gasteiger partial charge in [0.2, 0.25) is 0 Å². The third kappa shape index (κ3) is 4.49. The molecule has 1 aliphatic rings. The van der Waals surface area contributed by atoms with Crippen LogP contribution < -0.4 is 14.2 Å². The molecule has 0 saturated carbocycles. The minimum Gasteiger partial charge on any atom is -0.496 e. The standard InChI is InChI=1S/C26H23N3O4S/c1-31-22-11-6-5-10-20(22)25-27-28-26(29(25)19-8-3-2-4-9-19)34-17-21(30)18-12-13-23-24(16-18)33-15-7-14-32-23/h2-6,8-13,16H,7,14-15,17H2,1H3. The Bertz CT molecular complexity index is 1310. The molecule has 0 N–H and O–H groups in total. The molecule has 2 heterocycles. The number of hydrogen-bond donors (Lipinski definition) is 0. The van der Waals surface area contributed by atoms with Crippen molar-refractivity contribution in [3.8, 4) is 34.3 Å². The Balaban J connectivity index is 1.44. The number of carbonyl (C=O) groups excluding carboxylic acids is 1. The summed E-state index contributed by atoms with van der Waals surface area (Å²) in [5.41, 5.74) is 2.30. The maximum absolute atomic E-state index is 13.0. The van der Waals surface area contributed by atoms with Crippen molar-refractivity contribution in [1.82, 2.24) is 14.8 Å². The number of thioether (sulfide) groups is 1. The van der Waals surface area contributed by atoms with Crippen molar-refractivity contribution in [3.05, 3.63) is 78.4 Å². The van der Waals surface area contributed by atoms with Crippen LogP contribution in [0.15, 0.2) is 78.0 Å². The van der Waals surface area contributed by atoms with E-state index in [1.54, 1.807) is 25.3 Å². The van der Waals surface area contributed by atoms with Crippen molar-refractivity contribution in [2.24, 2.45) is 0 Å². The lowest BCUT2D eigenvalue weighted by molar-refractivity contribution is 0.102. The number of benzene rings is 3. The second-order valence-electron chi connectivity index (χ2n) is 7.60. The number of para-hydroxylation sites is 2. The zero-order valence-electron chi connectivity index (χ0n) is 18.6. The minimum absolute atomic E-state index is 0.0258. The molecule has 0 bridgehead atoms. The molecular weight excluding hydrogens is 450 g/mol. The molecule has 0 atom stereocenters. The van der Waals surface area contributed by atoms with Crippen molar-refractivity contribution in [1.29, 1.82) is 0 Å². The van der Waals surface area contributed by atoms with Gasteiger partial charge in [0.25, 0.3) is 0 Å². The van der Waals surface area contributed by atoms with E-state index >= 15 is 0 Å². The molecule has 7 nitrogen and oxygen atoms in total. The van der Waals surface area contributed by atoms with E-state index in [0.29, 0.717) is 47.0 Å². The summed E-state index contributed by atoms with van der Waals surface area (Å²) in [6.07, 6.45) is 0.817. The molecule has 0 fully saturated rings. The van der Waals surface area contributed by atoms with Gasteiger partial charge >= 0.3 is 0 Å². The van der Waals surface area contributed by atoms with Crippen LogP contribution in [-0.2, 0) is 0 Å². The first-order valence-corrected chi connectivity index (χ1v) is 11.9. The fourth-order valence-corrected chi connectivity index (χ4v) is 4.57. The highest BCUT2D eigenvalue weighted by atomic mass is 32.2. The lowest BCUT2D eigenvalue weighted by Gasteiger charge is -2.12. The third-order valence-electron chi connectivity index (χ3n) is 5.40. The van der Waals surface area contributed by atoms with Gasteiger partial charge in [-0.25, -0.2) is 0 Å². The molecule has 1 aromatic heterocycles. The topological polar surface area (TPSA) is 75.5 Å². The SMILES string of the molecule is COc1ccccc1-c1nnc(SCC(=O)c2ccc3c(c2)OCCCO3)n1-c1ccccc1. The summed E-state index contributed by atoms with van der Waals surface area (Å²) in [6.45, 7) is 1.19. The molecule has 172 valence electrons. The predicted octanol–water partition coefficient (Wildman–Crippen LogP) is 5.08. The summed E-state index contributed by atoms with van der Waals surface area (Å²) < 4.78 is 18.9. The Morgan fingerprint density at radius 1 is 0.971 bits per heavy atom. The van der Waals surface area contributed by atoms with E-state index in [9.17, 15) is 4.79 Å². The van der Waals surface area contributed by atoms with Crippen LogP contribution in [0.4, 0.5) is 0 Å². The number of nitrogens with zero attached hydrogens (tertiary/aromatic N) is 3. The van der Waals surface area contributed by atoms with Crippen molar-refractivity contribution in [2.75, 3.05) is 26.1 Å². The predicted molar refractivity (Wildman–Crippen MR) is 130 cm³/mol. The van der Waals surface area contributed by atoms with Gasteiger partial charge in [0.1, 0.15) is 5.75 Å². The number of hydrogen-bond acceptors (Lipinski definition) is 7. The first-order chi connectivity index (χ1) is 16.7. The van der Waals surface area contributed by atoms with Crippen LogP contribution in [-0.4, -0.2) is 46.6 Å². The fourth-order valence-electron chi connectivity index (χ4n) is 3.73. The molecule has 34 heavy (non-hydrogen) atoms. The second-order valence-corrected chi connectivity index (χ2v) is 8.54. The van der Waals surface area contributed by atoms with Crippen LogP contribution in [0.1, 0.15) is 16.8 Å². The van der Waals surface area contributed by atoms with Gasteiger partial charge in [0.05, 0.1) is 31.6 Å². The van der Waals surface area contributed by atoms with E-state index in [1.807, 2.05) is 59.2 Å². The molecule has 0 radical (unpaired) electrons. The van der Waals surface area contributed by atoms with E-state index in [2.05, 4.69) is 10.2 Å². The maximum atomic E-state index is 13.0. The lowest BCUT2D eigenvalue weighted by atomic mass is 10.1. The van der Waals surface area contributed by atoms with Gasteiger partial charge < -0.3 is 14.2 Å². The molecule has 0 amide bonds. The van der Waals surface area contributed by atoms with Gasteiger partial charge in [-0.05, 0) is 42.5 Å². The summed E-state index contributed by atoms with van der Waals surface area (Å²) in [5.74, 6) is 2.81. The Hall–Kier alpha value is -3.78. The Labute approximate surface area is 201 Å². The van der Waals surface area contributed by atoms with Gasteiger partial charge in [-0.2, -0.15) is 0 Å². The Morgan fingerprint density at radius 2 is 1.74 bits per heavy atom. The van der Waals surface area contributed by atoms with E-state index in [-0.39, 0.29) is 11.5 Å². The number of methoxy groups -OCH3 is 1. The van der Waals surface area contributed by atoms with E-state index in [4.69, 9.17) is 14.2 Å². The highest BCUT2D eigenvalue weighted by molar-refractivity contribution is 7.99. The highest BCUT2D eigenvalue weighted by Gasteiger charge is 2.20. The van der Waals surface area contributed by atoms with Crippen molar-refractivity contribution >= 4 is 17.5 Å². The minimum atomic E-state index is -0.0258. The molecule has 0 unspecified atom stereocenters. The number of fused-ring (bicyclic) bond motifs is 1. The van der Waals surface area contributed by atoms with Crippen molar-refractivity contribution in [3.63, 3.8) is 0 Å². The maximum Gasteiger partial charge on any atom is 0.196 e. The third-order valence-corrected chi connectivity index (χ3v) is 6.33. The first kappa shape index (κ1) is 22.0. The van der Waals surface area contributed by atoms with E-state index in [0.717, 1.165) is 17.7 Å². The Morgan fingerprint density at radius 3 is 2.56 bits per heavy atom. The number of ketones is 1. The van der Waals surface area contributed by atoms with Crippen LogP contribution in [0.25, 0.3) is 17.1 Å². The average Bonchev–Trinajstić information content (AvgIpc) is 3.17. The fraction of sp³-hybridized carbons (Fsp3) is 0.192. The molecule has 0 aliphatic carbocycles. The lowest BCUT2D eigenvalue weighted by Crippen LogP contribution is -2.06. The smallest absolute Gasteiger partial charge is 0.196 e. The largest absolute Gasteiger partial charge is 0.496 e. The summed E-state index contributed by atoms with van der Waals surface area (Å²) in [4.78, 5) is 13.0. The summed E-state index contributed by atoms with van der Waals surface area (Å²) >= 11 is 1.34. The molecule has 4 aromatic rings. The summed E-state index contributed by atoms with van der Waals surface area (Å²) in [7, 11) is 1.63. The number of aromatic nitrogens is 3.